The van der Waals surface area contributed by atoms with Gasteiger partial charge >= 0.3 is 0 Å². The number of nitrogens with zero attached hydrogens (tertiary/aromatic N) is 1. The van der Waals surface area contributed by atoms with Crippen LogP contribution in [0.15, 0.2) is 77.7 Å². The number of hydrogen-bond donors (Lipinski definition) is 1. The second-order valence-corrected chi connectivity index (χ2v) is 7.15. The van der Waals surface area contributed by atoms with Gasteiger partial charge in [0.1, 0.15) is 0 Å². The van der Waals surface area contributed by atoms with Gasteiger partial charge in [-0.3, -0.25) is 14.6 Å². The lowest BCUT2D eigenvalue weighted by Gasteiger charge is -2.11. The van der Waals surface area contributed by atoms with Crippen LogP contribution in [0.5, 0.6) is 0 Å². The highest BCUT2D eigenvalue weighted by Crippen LogP contribution is 2.31. The molecule has 2 aromatic heterocycles. The van der Waals surface area contributed by atoms with Crippen molar-refractivity contribution in [3.63, 3.8) is 0 Å². The molecule has 0 amide bonds. The lowest BCUT2D eigenvalue weighted by molar-refractivity contribution is 0.104. The Hall–Kier alpha value is -3.50. The van der Waals surface area contributed by atoms with Gasteiger partial charge < -0.3 is 4.98 Å². The second kappa shape index (κ2) is 7.86. The third kappa shape index (κ3) is 3.89. The first kappa shape index (κ1) is 18.8. The summed E-state index contributed by atoms with van der Waals surface area (Å²) in [6, 6.07) is 18.3. The summed E-state index contributed by atoms with van der Waals surface area (Å²) in [5.41, 5.74) is 3.28. The SMILES string of the molecule is Cc1ccc(/C=C/C(=O)c2c(-c3ccccc3)c3cc(Cl)ccc3[nH]c2=O)nc1. The number of hydrogen-bond acceptors (Lipinski definition) is 3. The summed E-state index contributed by atoms with van der Waals surface area (Å²) in [4.78, 5) is 33.0. The summed E-state index contributed by atoms with van der Waals surface area (Å²) in [7, 11) is 0. The zero-order chi connectivity index (χ0) is 20.4. The maximum absolute atomic E-state index is 13.1. The topological polar surface area (TPSA) is 62.8 Å². The number of ketones is 1. The van der Waals surface area contributed by atoms with Crippen molar-refractivity contribution in [2.45, 2.75) is 6.92 Å². The molecule has 0 unspecified atom stereocenters. The van der Waals surface area contributed by atoms with E-state index in [2.05, 4.69) is 9.97 Å². The Labute approximate surface area is 172 Å². The molecule has 0 aliphatic carbocycles. The number of aryl methyl sites for hydroxylation is 1. The molecule has 0 aliphatic rings. The highest BCUT2D eigenvalue weighted by Gasteiger charge is 2.19. The molecule has 29 heavy (non-hydrogen) atoms. The van der Waals surface area contributed by atoms with Crippen molar-refractivity contribution in [1.29, 1.82) is 0 Å². The van der Waals surface area contributed by atoms with E-state index in [0.717, 1.165) is 11.1 Å². The molecule has 5 heteroatoms. The number of rotatable bonds is 4. The van der Waals surface area contributed by atoms with E-state index in [1.54, 1.807) is 30.5 Å². The first-order valence-electron chi connectivity index (χ1n) is 9.09. The number of nitrogens with one attached hydrogen (secondary N) is 1. The Morgan fingerprint density at radius 1 is 1.07 bits per heavy atom. The van der Waals surface area contributed by atoms with Crippen LogP contribution < -0.4 is 5.56 Å². The molecule has 0 radical (unpaired) electrons. The molecule has 0 bridgehead atoms. The van der Waals surface area contributed by atoms with Gasteiger partial charge in [-0.2, -0.15) is 0 Å². The van der Waals surface area contributed by atoms with Gasteiger partial charge in [0, 0.05) is 27.7 Å². The molecule has 2 aromatic carbocycles. The second-order valence-electron chi connectivity index (χ2n) is 6.72. The number of carbonyl (C=O) groups excluding carboxylic acids is 1. The zero-order valence-electron chi connectivity index (χ0n) is 15.6. The molecular weight excluding hydrogens is 384 g/mol. The normalized spacial score (nSPS) is 11.2. The summed E-state index contributed by atoms with van der Waals surface area (Å²) in [6.45, 7) is 1.94. The number of H-pyrrole nitrogens is 1. The summed E-state index contributed by atoms with van der Waals surface area (Å²) >= 11 is 6.20. The molecule has 4 rings (SSSR count). The van der Waals surface area contributed by atoms with Crippen LogP contribution >= 0.6 is 11.6 Å². The molecule has 0 aliphatic heterocycles. The van der Waals surface area contributed by atoms with Gasteiger partial charge in [-0.25, -0.2) is 0 Å². The van der Waals surface area contributed by atoms with Crippen LogP contribution in [0, 0.1) is 6.92 Å². The Bertz CT molecular complexity index is 1290. The smallest absolute Gasteiger partial charge is 0.260 e. The minimum atomic E-state index is -0.440. The van der Waals surface area contributed by atoms with E-state index in [4.69, 9.17) is 11.6 Å². The van der Waals surface area contributed by atoms with Crippen LogP contribution in [-0.2, 0) is 0 Å². The largest absolute Gasteiger partial charge is 0.321 e. The average Bonchev–Trinajstić information content (AvgIpc) is 2.73. The van der Waals surface area contributed by atoms with Crippen LogP contribution in [-0.4, -0.2) is 15.8 Å². The number of fused-ring (bicyclic) bond motifs is 1. The maximum Gasteiger partial charge on any atom is 0.260 e. The van der Waals surface area contributed by atoms with E-state index in [9.17, 15) is 9.59 Å². The van der Waals surface area contributed by atoms with Crippen LogP contribution in [0.3, 0.4) is 0 Å². The van der Waals surface area contributed by atoms with Gasteiger partial charge in [0.25, 0.3) is 5.56 Å². The summed E-state index contributed by atoms with van der Waals surface area (Å²) < 4.78 is 0. The van der Waals surface area contributed by atoms with Crippen molar-refractivity contribution in [2.75, 3.05) is 0 Å². The van der Waals surface area contributed by atoms with E-state index in [1.807, 2.05) is 49.4 Å². The van der Waals surface area contributed by atoms with E-state index in [-0.39, 0.29) is 5.56 Å². The molecular formula is C24H17ClN2O2. The lowest BCUT2D eigenvalue weighted by atomic mass is 9.94. The Morgan fingerprint density at radius 3 is 2.59 bits per heavy atom. The van der Waals surface area contributed by atoms with E-state index >= 15 is 0 Å². The van der Waals surface area contributed by atoms with Crippen LogP contribution in [0.2, 0.25) is 5.02 Å². The zero-order valence-corrected chi connectivity index (χ0v) is 16.4. The van der Waals surface area contributed by atoms with Gasteiger partial charge in [-0.05, 0) is 54.5 Å². The van der Waals surface area contributed by atoms with Crippen molar-refractivity contribution in [3.8, 4) is 11.1 Å². The molecule has 4 aromatic rings. The van der Waals surface area contributed by atoms with Gasteiger partial charge in [0.15, 0.2) is 5.78 Å². The van der Waals surface area contributed by atoms with E-state index in [1.165, 1.54) is 6.08 Å². The number of carbonyl (C=O) groups is 1. The monoisotopic (exact) mass is 400 g/mol. The molecule has 142 valence electrons. The average molecular weight is 401 g/mol. The minimum Gasteiger partial charge on any atom is -0.321 e. The first-order chi connectivity index (χ1) is 14.0. The van der Waals surface area contributed by atoms with Crippen molar-refractivity contribution in [3.05, 3.63) is 105 Å². The minimum absolute atomic E-state index is 0.0781. The van der Waals surface area contributed by atoms with Gasteiger partial charge in [-0.1, -0.05) is 48.0 Å². The Balaban J connectivity index is 1.91. The number of aromatic amines is 1. The fourth-order valence-corrected chi connectivity index (χ4v) is 3.40. The van der Waals surface area contributed by atoms with Crippen LogP contribution in [0.25, 0.3) is 28.1 Å². The summed E-state index contributed by atoms with van der Waals surface area (Å²) in [6.07, 6.45) is 4.72. The standard InChI is InChI=1S/C24H17ClN2O2/c1-15-7-9-18(26-14-15)10-12-21(28)23-22(16-5-3-2-4-6-16)19-13-17(25)8-11-20(19)27-24(23)29/h2-14H,1H3,(H,27,29)/b12-10+. The Kier molecular flexibility index (Phi) is 5.10. The van der Waals surface area contributed by atoms with Crippen LogP contribution in [0.4, 0.5) is 0 Å². The van der Waals surface area contributed by atoms with Crippen molar-refractivity contribution >= 4 is 34.4 Å². The van der Waals surface area contributed by atoms with E-state index < -0.39 is 11.3 Å². The van der Waals surface area contributed by atoms with E-state index in [0.29, 0.717) is 27.2 Å². The predicted octanol–water partition coefficient (Wildman–Crippen LogP) is 5.45. The van der Waals surface area contributed by atoms with Crippen molar-refractivity contribution in [1.82, 2.24) is 9.97 Å². The van der Waals surface area contributed by atoms with Crippen LogP contribution in [0.1, 0.15) is 21.6 Å². The highest BCUT2D eigenvalue weighted by atomic mass is 35.5. The molecule has 2 heterocycles. The number of benzene rings is 2. The molecule has 0 saturated carbocycles. The molecule has 0 spiro atoms. The number of pyridine rings is 2. The summed E-state index contributed by atoms with van der Waals surface area (Å²) in [5, 5.41) is 1.24. The molecule has 4 nitrogen and oxygen atoms in total. The molecule has 0 saturated heterocycles. The number of allylic oxidation sites excluding steroid dienone is 1. The van der Waals surface area contributed by atoms with Gasteiger partial charge in [0.2, 0.25) is 0 Å². The Morgan fingerprint density at radius 2 is 1.86 bits per heavy atom. The highest BCUT2D eigenvalue weighted by molar-refractivity contribution is 6.31. The first-order valence-corrected chi connectivity index (χ1v) is 9.47. The van der Waals surface area contributed by atoms with Crippen molar-refractivity contribution in [2.24, 2.45) is 0 Å². The summed E-state index contributed by atoms with van der Waals surface area (Å²) in [5.74, 6) is -0.394. The fourth-order valence-electron chi connectivity index (χ4n) is 3.23. The third-order valence-electron chi connectivity index (χ3n) is 4.62. The predicted molar refractivity (Wildman–Crippen MR) is 117 cm³/mol. The number of halogens is 1. The maximum atomic E-state index is 13.1. The third-order valence-corrected chi connectivity index (χ3v) is 4.86. The van der Waals surface area contributed by atoms with Crippen molar-refractivity contribution < 1.29 is 4.79 Å². The molecule has 0 atom stereocenters. The van der Waals surface area contributed by atoms with Gasteiger partial charge in [0.05, 0.1) is 11.3 Å². The molecule has 1 N–H and O–H groups in total. The quantitative estimate of drug-likeness (QED) is 0.366. The molecule has 0 fully saturated rings. The fraction of sp³-hybridized carbons (Fsp3) is 0.0417. The lowest BCUT2D eigenvalue weighted by Crippen LogP contribution is -2.18. The van der Waals surface area contributed by atoms with Gasteiger partial charge in [-0.15, -0.1) is 0 Å². The number of aromatic nitrogens is 2.